The molecule has 0 fully saturated rings. The molecule has 0 saturated carbocycles. The number of carbonyl (C=O) groups is 1. The topological polar surface area (TPSA) is 87.5 Å². The molecule has 0 saturated heterocycles. The number of nitrogens with one attached hydrogen (secondary N) is 1. The van der Waals surface area contributed by atoms with Gasteiger partial charge in [0.25, 0.3) is 5.56 Å². The van der Waals surface area contributed by atoms with Crippen LogP contribution in [0.15, 0.2) is 77.6 Å². The highest BCUT2D eigenvalue weighted by Gasteiger charge is 2.16. The Balaban J connectivity index is 1.74. The third-order valence-corrected chi connectivity index (χ3v) is 5.32. The van der Waals surface area contributed by atoms with Crippen molar-refractivity contribution in [2.45, 2.75) is 6.92 Å². The number of benzene rings is 3. The summed E-state index contributed by atoms with van der Waals surface area (Å²) in [6.07, 6.45) is 0. The summed E-state index contributed by atoms with van der Waals surface area (Å²) in [5.74, 6) is -1.01. The van der Waals surface area contributed by atoms with E-state index in [9.17, 15) is 14.7 Å². The van der Waals surface area contributed by atoms with E-state index >= 15 is 0 Å². The molecule has 0 aliphatic heterocycles. The average molecular weight is 395 g/mol. The van der Waals surface area contributed by atoms with Crippen molar-refractivity contribution in [2.75, 3.05) is 0 Å². The zero-order valence-electron chi connectivity index (χ0n) is 16.1. The molecule has 0 aliphatic carbocycles. The summed E-state index contributed by atoms with van der Waals surface area (Å²) < 4.78 is 1.36. The summed E-state index contributed by atoms with van der Waals surface area (Å²) >= 11 is 0. The van der Waals surface area contributed by atoms with Crippen molar-refractivity contribution in [3.8, 4) is 22.5 Å². The molecule has 2 aromatic heterocycles. The van der Waals surface area contributed by atoms with Gasteiger partial charge in [-0.05, 0) is 35.4 Å². The first-order valence-corrected chi connectivity index (χ1v) is 9.47. The van der Waals surface area contributed by atoms with E-state index in [-0.39, 0.29) is 11.1 Å². The third kappa shape index (κ3) is 2.78. The van der Waals surface area contributed by atoms with Gasteiger partial charge in [0.15, 0.2) is 0 Å². The number of aryl methyl sites for hydroxylation is 1. The zero-order chi connectivity index (χ0) is 20.8. The molecule has 5 aromatic rings. The first kappa shape index (κ1) is 17.9. The fourth-order valence-corrected chi connectivity index (χ4v) is 3.81. The molecule has 6 nitrogen and oxygen atoms in total. The smallest absolute Gasteiger partial charge is 0.335 e. The van der Waals surface area contributed by atoms with Gasteiger partial charge < -0.3 is 10.1 Å². The predicted molar refractivity (Wildman–Crippen MR) is 116 cm³/mol. The summed E-state index contributed by atoms with van der Waals surface area (Å²) in [4.78, 5) is 27.4. The number of hydrogen-bond acceptors (Lipinski definition) is 3. The monoisotopic (exact) mass is 395 g/mol. The number of hydrogen-bond donors (Lipinski definition) is 2. The van der Waals surface area contributed by atoms with Crippen LogP contribution in [0.2, 0.25) is 0 Å². The molecule has 0 amide bonds. The van der Waals surface area contributed by atoms with Gasteiger partial charge in [0, 0.05) is 17.2 Å². The lowest BCUT2D eigenvalue weighted by molar-refractivity contribution is 0.0697. The summed E-state index contributed by atoms with van der Waals surface area (Å²) in [5, 5.41) is 16.0. The third-order valence-electron chi connectivity index (χ3n) is 5.32. The van der Waals surface area contributed by atoms with Crippen LogP contribution < -0.4 is 5.56 Å². The Kier molecular flexibility index (Phi) is 3.99. The van der Waals surface area contributed by atoms with Gasteiger partial charge in [-0.15, -0.1) is 0 Å². The fraction of sp³-hybridized carbons (Fsp3) is 0.0417. The van der Waals surface area contributed by atoms with Gasteiger partial charge in [-0.1, -0.05) is 54.6 Å². The first-order valence-electron chi connectivity index (χ1n) is 9.47. The molecule has 2 heterocycles. The average Bonchev–Trinajstić information content (AvgIpc) is 3.10. The van der Waals surface area contributed by atoms with Crippen molar-refractivity contribution in [3.05, 3.63) is 94.3 Å². The lowest BCUT2D eigenvalue weighted by Crippen LogP contribution is -2.14. The van der Waals surface area contributed by atoms with E-state index in [2.05, 4.69) is 10.1 Å². The molecule has 0 bridgehead atoms. The number of aromatic carboxylic acids is 1. The number of rotatable bonds is 3. The lowest BCUT2D eigenvalue weighted by Gasteiger charge is -2.05. The molecule has 30 heavy (non-hydrogen) atoms. The molecule has 0 unspecified atom stereocenters. The number of carboxylic acids is 1. The Morgan fingerprint density at radius 3 is 2.60 bits per heavy atom. The number of fused-ring (bicyclic) bond motifs is 2. The van der Waals surface area contributed by atoms with Gasteiger partial charge in [-0.3, -0.25) is 4.79 Å². The van der Waals surface area contributed by atoms with Crippen LogP contribution in [0.5, 0.6) is 0 Å². The number of nitrogens with zero attached hydrogens (tertiary/aromatic N) is 2. The van der Waals surface area contributed by atoms with Gasteiger partial charge >= 0.3 is 5.97 Å². The van der Waals surface area contributed by atoms with Crippen molar-refractivity contribution in [1.29, 1.82) is 0 Å². The van der Waals surface area contributed by atoms with Crippen LogP contribution in [0, 0.1) is 6.92 Å². The van der Waals surface area contributed by atoms with Crippen molar-refractivity contribution >= 4 is 22.4 Å². The van der Waals surface area contributed by atoms with Crippen LogP contribution in [-0.2, 0) is 0 Å². The maximum atomic E-state index is 12.8. The van der Waals surface area contributed by atoms with Gasteiger partial charge in [-0.25, -0.2) is 4.79 Å². The molecule has 3 aromatic carbocycles. The standard InChI is InChI=1S/C24H17N3O3/c1-14-22(19-11-5-7-15-6-2-3-10-18(15)19)26-27-21(28)13-20(25-23(14)27)16-8-4-9-17(12-16)24(29)30/h2-13,25H,1H3,(H,29,30). The number of H-pyrrole nitrogens is 1. The summed E-state index contributed by atoms with van der Waals surface area (Å²) in [7, 11) is 0. The Morgan fingerprint density at radius 2 is 1.77 bits per heavy atom. The summed E-state index contributed by atoms with van der Waals surface area (Å²) in [6, 6.07) is 22.0. The number of carboxylic acid groups (broad SMARTS) is 1. The summed E-state index contributed by atoms with van der Waals surface area (Å²) in [5.41, 5.74) is 4.17. The highest BCUT2D eigenvalue weighted by molar-refractivity contribution is 5.97. The van der Waals surface area contributed by atoms with Crippen LogP contribution in [0.25, 0.3) is 38.9 Å². The van der Waals surface area contributed by atoms with E-state index in [1.165, 1.54) is 16.6 Å². The molecule has 0 spiro atoms. The SMILES string of the molecule is Cc1c(-c2cccc3ccccc23)nn2c(=O)cc(-c3cccc(C(=O)O)c3)[nH]c12. The quantitative estimate of drug-likeness (QED) is 0.470. The molecular weight excluding hydrogens is 378 g/mol. The van der Waals surface area contributed by atoms with E-state index in [4.69, 9.17) is 0 Å². The second kappa shape index (κ2) is 6.70. The maximum absolute atomic E-state index is 12.8. The van der Waals surface area contributed by atoms with Gasteiger partial charge in [0.2, 0.25) is 0 Å². The number of aromatic nitrogens is 3. The largest absolute Gasteiger partial charge is 0.478 e. The van der Waals surface area contributed by atoms with E-state index in [0.29, 0.717) is 16.9 Å². The molecule has 6 heteroatoms. The van der Waals surface area contributed by atoms with Crippen LogP contribution in [-0.4, -0.2) is 25.7 Å². The Labute approximate surface area is 171 Å². The highest BCUT2D eigenvalue weighted by atomic mass is 16.4. The normalized spacial score (nSPS) is 11.2. The van der Waals surface area contributed by atoms with E-state index < -0.39 is 5.97 Å². The molecule has 146 valence electrons. The molecule has 2 N–H and O–H groups in total. The minimum Gasteiger partial charge on any atom is -0.478 e. The van der Waals surface area contributed by atoms with Crippen LogP contribution in [0.1, 0.15) is 15.9 Å². The zero-order valence-corrected chi connectivity index (χ0v) is 16.1. The second-order valence-electron chi connectivity index (χ2n) is 7.17. The minimum atomic E-state index is -1.01. The second-order valence-corrected chi connectivity index (χ2v) is 7.17. The van der Waals surface area contributed by atoms with Crippen molar-refractivity contribution < 1.29 is 9.90 Å². The first-order chi connectivity index (χ1) is 14.5. The Bertz CT molecular complexity index is 1510. The molecule has 0 atom stereocenters. The van der Waals surface area contributed by atoms with Gasteiger partial charge in [0.1, 0.15) is 5.65 Å². The summed E-state index contributed by atoms with van der Waals surface area (Å²) in [6.45, 7) is 1.92. The Morgan fingerprint density at radius 1 is 1.00 bits per heavy atom. The van der Waals surface area contributed by atoms with Crippen LogP contribution in [0.3, 0.4) is 0 Å². The van der Waals surface area contributed by atoms with Crippen LogP contribution >= 0.6 is 0 Å². The van der Waals surface area contributed by atoms with E-state index in [1.54, 1.807) is 18.2 Å². The van der Waals surface area contributed by atoms with Gasteiger partial charge in [0.05, 0.1) is 17.0 Å². The Hall–Kier alpha value is -4.19. The maximum Gasteiger partial charge on any atom is 0.335 e. The van der Waals surface area contributed by atoms with E-state index in [0.717, 1.165) is 27.6 Å². The van der Waals surface area contributed by atoms with E-state index in [1.807, 2.05) is 49.4 Å². The molecule has 0 radical (unpaired) electrons. The fourth-order valence-electron chi connectivity index (χ4n) is 3.81. The van der Waals surface area contributed by atoms with Gasteiger partial charge in [-0.2, -0.15) is 9.61 Å². The molecular formula is C24H17N3O3. The highest BCUT2D eigenvalue weighted by Crippen LogP contribution is 2.31. The van der Waals surface area contributed by atoms with Crippen molar-refractivity contribution in [2.24, 2.45) is 0 Å². The van der Waals surface area contributed by atoms with Crippen molar-refractivity contribution in [1.82, 2.24) is 14.6 Å². The van der Waals surface area contributed by atoms with Crippen molar-refractivity contribution in [3.63, 3.8) is 0 Å². The molecule has 5 rings (SSSR count). The minimum absolute atomic E-state index is 0.162. The number of aromatic amines is 1. The molecule has 0 aliphatic rings. The lowest BCUT2D eigenvalue weighted by atomic mass is 10.0. The van der Waals surface area contributed by atoms with Crippen LogP contribution in [0.4, 0.5) is 0 Å². The predicted octanol–water partition coefficient (Wildman–Crippen LogP) is 4.52.